The second-order valence-electron chi connectivity index (χ2n) is 13.2. The van der Waals surface area contributed by atoms with Crippen molar-refractivity contribution in [1.29, 1.82) is 0 Å². The number of benzene rings is 2. The van der Waals surface area contributed by atoms with Crippen molar-refractivity contribution in [2.45, 2.75) is 82.8 Å². The maximum atomic E-state index is 13.9. The Hall–Kier alpha value is -4.70. The van der Waals surface area contributed by atoms with E-state index in [9.17, 15) is 23.9 Å². The van der Waals surface area contributed by atoms with Gasteiger partial charge in [-0.25, -0.2) is 9.37 Å². The van der Waals surface area contributed by atoms with Gasteiger partial charge in [-0.05, 0) is 88.1 Å². The summed E-state index contributed by atoms with van der Waals surface area (Å²) in [5.41, 5.74) is 0.170. The summed E-state index contributed by atoms with van der Waals surface area (Å²) in [6.07, 6.45) is 5.17. The molecule has 1 aliphatic carbocycles. The number of halogens is 1. The molecule has 2 N–H and O–H groups in total. The molecule has 0 saturated heterocycles. The third-order valence-electron chi connectivity index (χ3n) is 9.20. The first-order chi connectivity index (χ1) is 23.0. The van der Waals surface area contributed by atoms with Crippen molar-refractivity contribution in [1.82, 2.24) is 15.3 Å². The molecule has 1 saturated carbocycles. The van der Waals surface area contributed by atoms with E-state index in [-0.39, 0.29) is 48.7 Å². The molecule has 0 bridgehead atoms. The van der Waals surface area contributed by atoms with Crippen LogP contribution in [0.1, 0.15) is 87.3 Å². The number of rotatable bonds is 14. The minimum atomic E-state index is -1.58. The van der Waals surface area contributed by atoms with Crippen LogP contribution >= 0.6 is 0 Å². The lowest BCUT2D eigenvalue weighted by Crippen LogP contribution is -2.44. The summed E-state index contributed by atoms with van der Waals surface area (Å²) >= 11 is 0. The van der Waals surface area contributed by atoms with Gasteiger partial charge in [-0.2, -0.15) is 0 Å². The fraction of sp³-hybridized carbons (Fsp3) is 0.395. The third kappa shape index (κ3) is 6.94. The number of aromatic nitrogens is 2. The topological polar surface area (TPSA) is 128 Å². The predicted octanol–water partition coefficient (Wildman–Crippen LogP) is 6.37. The van der Waals surface area contributed by atoms with Gasteiger partial charge in [0.15, 0.2) is 5.78 Å². The molecule has 2 aliphatic rings. The zero-order valence-electron chi connectivity index (χ0n) is 27.5. The van der Waals surface area contributed by atoms with Gasteiger partial charge in [0, 0.05) is 54.1 Å². The standard InChI is InChI=1S/C38H40FN3O6/c1-4-27(43)8-6-18-41-36(45)37(2)22-47-35-29(37)21-32(42-34(35)23-9-11-26(39)12-10-23)38(3,46)16-15-30(44)25-19-24-7-5-17-40-33(24)31(20-25)48-28-13-14-28/h5,7,9-12,17,19-21,28,46H,4,6,8,13-16,18,22H2,1-3H3,(H,41,45)/t37-,38-/m0/s1. The average molecular weight is 654 g/mol. The van der Waals surface area contributed by atoms with Gasteiger partial charge in [0.2, 0.25) is 5.91 Å². The summed E-state index contributed by atoms with van der Waals surface area (Å²) in [5.74, 6) is 0.218. The molecule has 1 aliphatic heterocycles. The normalized spacial score (nSPS) is 18.1. The van der Waals surface area contributed by atoms with Crippen molar-refractivity contribution in [2.24, 2.45) is 0 Å². The number of nitrogens with zero attached hydrogens (tertiary/aromatic N) is 2. The first-order valence-corrected chi connectivity index (χ1v) is 16.5. The number of nitrogens with one attached hydrogen (secondary N) is 1. The molecule has 48 heavy (non-hydrogen) atoms. The van der Waals surface area contributed by atoms with Crippen LogP contribution in [0.3, 0.4) is 0 Å². The SMILES string of the molecule is CCC(=O)CCCNC(=O)[C@@]1(C)COc2c1cc([C@@](C)(O)CCC(=O)c1cc(OC3CC3)c3ncccc3c1)nc2-c1ccc(F)cc1. The number of Topliss-reactive ketones (excluding diaryl/α,β-unsaturated/α-hetero) is 2. The molecule has 0 unspecified atom stereocenters. The lowest BCUT2D eigenvalue weighted by Gasteiger charge is -2.26. The summed E-state index contributed by atoms with van der Waals surface area (Å²) in [7, 11) is 0. The van der Waals surface area contributed by atoms with E-state index in [1.807, 2.05) is 19.1 Å². The number of carbonyl (C=O) groups is 3. The highest BCUT2D eigenvalue weighted by atomic mass is 19.1. The molecule has 1 amide bonds. The van der Waals surface area contributed by atoms with E-state index in [2.05, 4.69) is 10.3 Å². The largest absolute Gasteiger partial charge is 0.489 e. The second kappa shape index (κ2) is 13.4. The molecule has 3 heterocycles. The fourth-order valence-corrected chi connectivity index (χ4v) is 5.91. The molecule has 10 heteroatoms. The van der Waals surface area contributed by atoms with Crippen LogP contribution in [0.15, 0.2) is 60.8 Å². The Bertz CT molecular complexity index is 1870. The van der Waals surface area contributed by atoms with Crippen LogP contribution in [-0.4, -0.2) is 51.8 Å². The second-order valence-corrected chi connectivity index (χ2v) is 13.2. The Labute approximate surface area is 278 Å². The Morgan fingerprint density at radius 1 is 1.12 bits per heavy atom. The van der Waals surface area contributed by atoms with Gasteiger partial charge in [0.1, 0.15) is 51.9 Å². The van der Waals surface area contributed by atoms with Crippen LogP contribution in [0, 0.1) is 5.82 Å². The number of amides is 1. The maximum Gasteiger partial charge on any atom is 0.234 e. The summed E-state index contributed by atoms with van der Waals surface area (Å²) in [5, 5.41) is 15.6. The van der Waals surface area contributed by atoms with Crippen molar-refractivity contribution in [3.8, 4) is 22.8 Å². The van der Waals surface area contributed by atoms with Gasteiger partial charge < -0.3 is 19.9 Å². The smallest absolute Gasteiger partial charge is 0.234 e. The number of pyridine rings is 2. The molecule has 0 spiro atoms. The molecule has 2 aromatic carbocycles. The van der Waals surface area contributed by atoms with Crippen molar-refractivity contribution >= 4 is 28.4 Å². The first-order valence-electron chi connectivity index (χ1n) is 16.5. The molecule has 4 aromatic rings. The Balaban J connectivity index is 1.28. The Morgan fingerprint density at radius 2 is 1.90 bits per heavy atom. The van der Waals surface area contributed by atoms with Crippen LogP contribution in [0.2, 0.25) is 0 Å². The zero-order valence-corrected chi connectivity index (χ0v) is 27.5. The molecular formula is C38H40FN3O6. The minimum absolute atomic E-state index is 0.0109. The highest BCUT2D eigenvalue weighted by molar-refractivity contribution is 6.01. The lowest BCUT2D eigenvalue weighted by molar-refractivity contribution is -0.126. The van der Waals surface area contributed by atoms with Gasteiger partial charge in [0.25, 0.3) is 0 Å². The fourth-order valence-electron chi connectivity index (χ4n) is 5.91. The molecule has 0 radical (unpaired) electrons. The molecular weight excluding hydrogens is 613 g/mol. The van der Waals surface area contributed by atoms with Crippen LogP contribution < -0.4 is 14.8 Å². The van der Waals surface area contributed by atoms with E-state index in [0.29, 0.717) is 65.2 Å². The van der Waals surface area contributed by atoms with E-state index in [1.165, 1.54) is 12.1 Å². The van der Waals surface area contributed by atoms with Crippen LogP contribution in [0.25, 0.3) is 22.2 Å². The van der Waals surface area contributed by atoms with Gasteiger partial charge in [-0.1, -0.05) is 13.0 Å². The average Bonchev–Trinajstić information content (AvgIpc) is 3.84. The number of hydrogen-bond acceptors (Lipinski definition) is 8. The molecule has 6 rings (SSSR count). The van der Waals surface area contributed by atoms with E-state index >= 15 is 0 Å². The van der Waals surface area contributed by atoms with E-state index in [4.69, 9.17) is 14.5 Å². The minimum Gasteiger partial charge on any atom is -0.489 e. The molecule has 1 fully saturated rings. The number of hydrogen-bond donors (Lipinski definition) is 2. The number of ether oxygens (including phenoxy) is 2. The Morgan fingerprint density at radius 3 is 2.62 bits per heavy atom. The zero-order chi connectivity index (χ0) is 34.1. The quantitative estimate of drug-likeness (QED) is 0.119. The van der Waals surface area contributed by atoms with Gasteiger partial charge in [-0.3, -0.25) is 19.4 Å². The van der Waals surface area contributed by atoms with Crippen molar-refractivity contribution < 1.29 is 33.4 Å². The highest BCUT2D eigenvalue weighted by Gasteiger charge is 2.46. The van der Waals surface area contributed by atoms with Gasteiger partial charge in [0.05, 0.1) is 11.8 Å². The van der Waals surface area contributed by atoms with Gasteiger partial charge in [-0.15, -0.1) is 0 Å². The monoisotopic (exact) mass is 653 g/mol. The molecule has 250 valence electrons. The number of aliphatic hydroxyl groups is 1. The third-order valence-corrected chi connectivity index (χ3v) is 9.20. The lowest BCUT2D eigenvalue weighted by atomic mass is 9.81. The molecule has 2 aromatic heterocycles. The summed E-state index contributed by atoms with van der Waals surface area (Å²) in [6, 6.07) is 14.6. The first kappa shape index (κ1) is 33.2. The number of ketones is 2. The maximum absolute atomic E-state index is 13.9. The van der Waals surface area contributed by atoms with E-state index < -0.39 is 16.8 Å². The Kier molecular flexibility index (Phi) is 9.29. The van der Waals surface area contributed by atoms with E-state index in [0.717, 1.165) is 18.2 Å². The van der Waals surface area contributed by atoms with Crippen LogP contribution in [-0.2, 0) is 20.6 Å². The van der Waals surface area contributed by atoms with Gasteiger partial charge >= 0.3 is 0 Å². The van der Waals surface area contributed by atoms with Crippen LogP contribution in [0.5, 0.6) is 11.5 Å². The van der Waals surface area contributed by atoms with E-state index in [1.54, 1.807) is 50.4 Å². The predicted molar refractivity (Wildman–Crippen MR) is 179 cm³/mol. The number of carbonyl (C=O) groups excluding carboxylic acids is 3. The summed E-state index contributed by atoms with van der Waals surface area (Å²) < 4.78 is 26.0. The van der Waals surface area contributed by atoms with Crippen molar-refractivity contribution in [3.05, 3.63) is 83.4 Å². The number of fused-ring (bicyclic) bond motifs is 2. The highest BCUT2D eigenvalue weighted by Crippen LogP contribution is 2.46. The van der Waals surface area contributed by atoms with Crippen molar-refractivity contribution in [3.63, 3.8) is 0 Å². The van der Waals surface area contributed by atoms with Crippen LogP contribution in [0.4, 0.5) is 4.39 Å². The molecule has 2 atom stereocenters. The molecule has 9 nitrogen and oxygen atoms in total. The van der Waals surface area contributed by atoms with Crippen molar-refractivity contribution in [2.75, 3.05) is 13.2 Å². The summed E-state index contributed by atoms with van der Waals surface area (Å²) in [6.45, 7) is 5.53. The summed E-state index contributed by atoms with van der Waals surface area (Å²) in [4.78, 5) is 48.1.